The van der Waals surface area contributed by atoms with Crippen molar-refractivity contribution in [3.8, 4) is 17.1 Å². The highest BCUT2D eigenvalue weighted by molar-refractivity contribution is 8.00. The number of hydrogen-bond donors (Lipinski definition) is 1. The summed E-state index contributed by atoms with van der Waals surface area (Å²) in [6.45, 7) is 3.18. The van der Waals surface area contributed by atoms with Gasteiger partial charge >= 0.3 is 0 Å². The van der Waals surface area contributed by atoms with Crippen LogP contribution in [0.25, 0.3) is 27.9 Å². The van der Waals surface area contributed by atoms with Crippen molar-refractivity contribution < 1.29 is 14.3 Å². The predicted molar refractivity (Wildman–Crippen MR) is 128 cm³/mol. The minimum Gasteiger partial charge on any atom is -0.497 e. The molecule has 2 aromatic heterocycles. The summed E-state index contributed by atoms with van der Waals surface area (Å²) in [6, 6.07) is 15.6. The number of thioether (sulfide) groups is 1. The second-order valence-electron chi connectivity index (χ2n) is 7.96. The van der Waals surface area contributed by atoms with Crippen LogP contribution in [-0.2, 0) is 9.53 Å². The van der Waals surface area contributed by atoms with Gasteiger partial charge in [0.25, 0.3) is 0 Å². The molecule has 3 heterocycles. The van der Waals surface area contributed by atoms with Gasteiger partial charge in [-0.1, -0.05) is 23.9 Å². The zero-order valence-corrected chi connectivity index (χ0v) is 19.3. The fraction of sp³-hybridized carbons (Fsp3) is 0.333. The third-order valence-corrected chi connectivity index (χ3v) is 6.79. The van der Waals surface area contributed by atoms with Crippen LogP contribution in [0.4, 0.5) is 0 Å². The molecule has 0 saturated carbocycles. The average molecular weight is 464 g/mol. The van der Waals surface area contributed by atoms with Gasteiger partial charge in [-0.25, -0.2) is 4.98 Å². The molecule has 170 valence electrons. The standard InChI is InChI=1S/C24H25N5O3S/c1-15(23(30)25-14-18-6-5-13-32-18)33-24-28-27-22-19-7-3-4-8-20(19)26-21(29(22)24)16-9-11-17(31-2)12-10-16/h3-4,7-12,15,18H,5-6,13-14H2,1-2H3,(H,25,30)/t15-,18-/m1/s1. The Morgan fingerprint density at radius 3 is 2.82 bits per heavy atom. The largest absolute Gasteiger partial charge is 0.497 e. The predicted octanol–water partition coefficient (Wildman–Crippen LogP) is 3.73. The molecule has 0 bridgehead atoms. The summed E-state index contributed by atoms with van der Waals surface area (Å²) < 4.78 is 12.8. The number of aromatic nitrogens is 4. The maximum Gasteiger partial charge on any atom is 0.233 e. The monoisotopic (exact) mass is 463 g/mol. The molecule has 1 N–H and O–H groups in total. The Kier molecular flexibility index (Phi) is 6.15. The number of methoxy groups -OCH3 is 1. The van der Waals surface area contributed by atoms with Crippen molar-refractivity contribution in [3.63, 3.8) is 0 Å². The number of carbonyl (C=O) groups excluding carboxylic acids is 1. The van der Waals surface area contributed by atoms with Crippen LogP contribution < -0.4 is 10.1 Å². The molecule has 1 fully saturated rings. The van der Waals surface area contributed by atoms with Crippen LogP contribution in [-0.4, -0.2) is 57.1 Å². The summed E-state index contributed by atoms with van der Waals surface area (Å²) in [4.78, 5) is 17.6. The van der Waals surface area contributed by atoms with Gasteiger partial charge in [0.2, 0.25) is 5.91 Å². The number of hydrogen-bond acceptors (Lipinski definition) is 7. The van der Waals surface area contributed by atoms with E-state index in [1.807, 2.05) is 59.9 Å². The molecule has 5 rings (SSSR count). The molecule has 0 aliphatic carbocycles. The van der Waals surface area contributed by atoms with E-state index in [0.29, 0.717) is 23.2 Å². The van der Waals surface area contributed by atoms with Gasteiger partial charge in [0.1, 0.15) is 11.6 Å². The van der Waals surface area contributed by atoms with Gasteiger partial charge < -0.3 is 14.8 Å². The average Bonchev–Trinajstić information content (AvgIpc) is 3.52. The lowest BCUT2D eigenvalue weighted by Gasteiger charge is -2.15. The van der Waals surface area contributed by atoms with Crippen LogP contribution in [0.2, 0.25) is 0 Å². The number of rotatable bonds is 7. The first-order valence-electron chi connectivity index (χ1n) is 11.0. The number of amides is 1. The van der Waals surface area contributed by atoms with E-state index in [1.165, 1.54) is 11.8 Å². The highest BCUT2D eigenvalue weighted by Crippen LogP contribution is 2.31. The minimum atomic E-state index is -0.353. The van der Waals surface area contributed by atoms with E-state index < -0.39 is 0 Å². The van der Waals surface area contributed by atoms with Crippen LogP contribution in [0.1, 0.15) is 19.8 Å². The van der Waals surface area contributed by atoms with Crippen molar-refractivity contribution in [2.45, 2.75) is 36.3 Å². The molecule has 4 aromatic rings. The highest BCUT2D eigenvalue weighted by Gasteiger charge is 2.23. The molecule has 2 aromatic carbocycles. The Bertz CT molecular complexity index is 1280. The zero-order valence-electron chi connectivity index (χ0n) is 18.5. The lowest BCUT2D eigenvalue weighted by Crippen LogP contribution is -2.36. The summed E-state index contributed by atoms with van der Waals surface area (Å²) in [7, 11) is 1.64. The number of benzene rings is 2. The third-order valence-electron chi connectivity index (χ3n) is 5.74. The molecule has 1 saturated heterocycles. The van der Waals surface area contributed by atoms with Crippen molar-refractivity contribution in [2.24, 2.45) is 0 Å². The Morgan fingerprint density at radius 2 is 2.06 bits per heavy atom. The molecule has 1 amide bonds. The molecule has 0 spiro atoms. The van der Waals surface area contributed by atoms with Crippen LogP contribution in [0, 0.1) is 0 Å². The maximum absolute atomic E-state index is 12.7. The molecule has 0 radical (unpaired) electrons. The first-order valence-corrected chi connectivity index (χ1v) is 11.9. The van der Waals surface area contributed by atoms with Crippen LogP contribution in [0.15, 0.2) is 53.7 Å². The minimum absolute atomic E-state index is 0.0491. The van der Waals surface area contributed by atoms with Gasteiger partial charge in [-0.3, -0.25) is 9.20 Å². The Balaban J connectivity index is 1.49. The van der Waals surface area contributed by atoms with E-state index in [2.05, 4.69) is 15.5 Å². The number of ether oxygens (including phenoxy) is 2. The Morgan fingerprint density at radius 1 is 1.24 bits per heavy atom. The molecular weight excluding hydrogens is 438 g/mol. The first-order chi connectivity index (χ1) is 16.1. The molecule has 1 aliphatic rings. The molecule has 8 nitrogen and oxygen atoms in total. The fourth-order valence-electron chi connectivity index (χ4n) is 3.94. The summed E-state index contributed by atoms with van der Waals surface area (Å²) in [5.74, 6) is 1.43. The lowest BCUT2D eigenvalue weighted by atomic mass is 10.1. The highest BCUT2D eigenvalue weighted by atomic mass is 32.2. The molecule has 9 heteroatoms. The lowest BCUT2D eigenvalue weighted by molar-refractivity contribution is -0.120. The Labute approximate surface area is 195 Å². The number of fused-ring (bicyclic) bond motifs is 3. The van der Waals surface area contributed by atoms with E-state index in [0.717, 1.165) is 41.7 Å². The summed E-state index contributed by atoms with van der Waals surface area (Å²) >= 11 is 1.37. The Hall–Kier alpha value is -3.17. The second-order valence-corrected chi connectivity index (χ2v) is 9.27. The topological polar surface area (TPSA) is 90.6 Å². The first kappa shape index (κ1) is 21.7. The fourth-order valence-corrected chi connectivity index (χ4v) is 4.82. The van der Waals surface area contributed by atoms with Gasteiger partial charge in [0.15, 0.2) is 10.8 Å². The van der Waals surface area contributed by atoms with Crippen molar-refractivity contribution in [1.82, 2.24) is 24.9 Å². The summed E-state index contributed by atoms with van der Waals surface area (Å²) in [5, 5.41) is 13.1. The van der Waals surface area contributed by atoms with E-state index in [-0.39, 0.29) is 17.3 Å². The van der Waals surface area contributed by atoms with Gasteiger partial charge in [0, 0.05) is 24.1 Å². The van der Waals surface area contributed by atoms with Gasteiger partial charge in [0.05, 0.1) is 24.0 Å². The smallest absolute Gasteiger partial charge is 0.233 e. The summed E-state index contributed by atoms with van der Waals surface area (Å²) in [5.41, 5.74) is 2.45. The quantitative estimate of drug-likeness (QED) is 0.418. The van der Waals surface area contributed by atoms with Crippen molar-refractivity contribution in [3.05, 3.63) is 48.5 Å². The van der Waals surface area contributed by atoms with E-state index in [9.17, 15) is 4.79 Å². The third kappa shape index (κ3) is 4.38. The zero-order chi connectivity index (χ0) is 22.8. The van der Waals surface area contributed by atoms with Crippen molar-refractivity contribution >= 4 is 34.2 Å². The van der Waals surface area contributed by atoms with E-state index in [1.54, 1.807) is 7.11 Å². The second kappa shape index (κ2) is 9.36. The molecule has 2 atom stereocenters. The molecular formula is C24H25N5O3S. The van der Waals surface area contributed by atoms with Crippen LogP contribution in [0.5, 0.6) is 5.75 Å². The number of nitrogens with one attached hydrogen (secondary N) is 1. The molecule has 0 unspecified atom stereocenters. The van der Waals surface area contributed by atoms with Crippen molar-refractivity contribution in [1.29, 1.82) is 0 Å². The number of para-hydroxylation sites is 1. The SMILES string of the molecule is COc1ccc(-c2nc3ccccc3c3nnc(S[C@H](C)C(=O)NC[C@H]4CCCO4)n23)cc1. The van der Waals surface area contributed by atoms with Gasteiger partial charge in [-0.05, 0) is 56.2 Å². The number of nitrogens with zero attached hydrogens (tertiary/aromatic N) is 4. The van der Waals surface area contributed by atoms with Crippen LogP contribution in [0.3, 0.4) is 0 Å². The molecule has 1 aliphatic heterocycles. The van der Waals surface area contributed by atoms with Gasteiger partial charge in [-0.2, -0.15) is 0 Å². The van der Waals surface area contributed by atoms with Crippen LogP contribution >= 0.6 is 11.8 Å². The molecule has 33 heavy (non-hydrogen) atoms. The van der Waals surface area contributed by atoms with E-state index in [4.69, 9.17) is 14.5 Å². The summed E-state index contributed by atoms with van der Waals surface area (Å²) in [6.07, 6.45) is 2.14. The maximum atomic E-state index is 12.7. The number of carbonyl (C=O) groups is 1. The van der Waals surface area contributed by atoms with E-state index >= 15 is 0 Å². The van der Waals surface area contributed by atoms with Crippen molar-refractivity contribution in [2.75, 3.05) is 20.3 Å². The van der Waals surface area contributed by atoms with Gasteiger partial charge in [-0.15, -0.1) is 10.2 Å². The normalized spacial score (nSPS) is 16.8.